The molecule has 4 rings (SSSR count). The smallest absolute Gasteiger partial charge is 0.313 e. The number of nitrogens with one attached hydrogen (secondary N) is 1. The lowest BCUT2D eigenvalue weighted by atomic mass is 10.2. The molecule has 1 aromatic heterocycles. The Morgan fingerprint density at radius 1 is 1.10 bits per heavy atom. The van der Waals surface area contributed by atoms with E-state index in [2.05, 4.69) is 20.1 Å². The summed E-state index contributed by atoms with van der Waals surface area (Å²) in [6.45, 7) is 3.21. The van der Waals surface area contributed by atoms with E-state index in [0.29, 0.717) is 11.6 Å². The van der Waals surface area contributed by atoms with Crippen molar-refractivity contribution in [2.75, 3.05) is 10.2 Å². The molecule has 29 heavy (non-hydrogen) atoms. The van der Waals surface area contributed by atoms with Crippen molar-refractivity contribution in [3.63, 3.8) is 0 Å². The van der Waals surface area contributed by atoms with Gasteiger partial charge in [0.25, 0.3) is 0 Å². The number of fused-ring (bicyclic) bond motifs is 1. The monoisotopic (exact) mass is 409 g/mol. The van der Waals surface area contributed by atoms with Crippen molar-refractivity contribution in [3.8, 4) is 0 Å². The molecule has 6 nitrogen and oxygen atoms in total. The Labute approximate surface area is 175 Å². The van der Waals surface area contributed by atoms with Gasteiger partial charge in [-0.3, -0.25) is 4.90 Å². The number of aryl methyl sites for hydroxylation is 2. The summed E-state index contributed by atoms with van der Waals surface area (Å²) in [5.74, 6) is 1.81. The van der Waals surface area contributed by atoms with Crippen LogP contribution in [0.1, 0.15) is 36.5 Å². The highest BCUT2D eigenvalue weighted by Crippen LogP contribution is 2.23. The highest BCUT2D eigenvalue weighted by atomic mass is 35.5. The van der Waals surface area contributed by atoms with Crippen molar-refractivity contribution in [1.29, 1.82) is 0 Å². The van der Waals surface area contributed by atoms with Crippen LogP contribution in [0, 0.1) is 6.92 Å². The molecule has 7 heteroatoms. The van der Waals surface area contributed by atoms with Gasteiger partial charge in [0.1, 0.15) is 5.82 Å². The Kier molecular flexibility index (Phi) is 5.81. The number of aromatic nitrogens is 3. The van der Waals surface area contributed by atoms with Crippen LogP contribution in [0.15, 0.2) is 48.5 Å². The lowest BCUT2D eigenvalue weighted by Gasteiger charge is -2.24. The van der Waals surface area contributed by atoms with Gasteiger partial charge >= 0.3 is 6.03 Å². The first-order chi connectivity index (χ1) is 14.1. The second-order valence-corrected chi connectivity index (χ2v) is 7.74. The summed E-state index contributed by atoms with van der Waals surface area (Å²) in [4.78, 5) is 14.9. The fourth-order valence-corrected chi connectivity index (χ4v) is 3.73. The average molecular weight is 410 g/mol. The topological polar surface area (TPSA) is 63.1 Å². The number of benzene rings is 2. The number of rotatable bonds is 4. The summed E-state index contributed by atoms with van der Waals surface area (Å²) >= 11 is 6.06. The quantitative estimate of drug-likeness (QED) is 0.643. The number of hydrogen-bond acceptors (Lipinski definition) is 3. The second-order valence-electron chi connectivity index (χ2n) is 7.30. The van der Waals surface area contributed by atoms with E-state index in [1.165, 1.54) is 6.42 Å². The van der Waals surface area contributed by atoms with Gasteiger partial charge in [-0.2, -0.15) is 0 Å². The van der Waals surface area contributed by atoms with Gasteiger partial charge in [0.15, 0.2) is 5.82 Å². The lowest BCUT2D eigenvalue weighted by Crippen LogP contribution is -2.35. The molecular formula is C22H24ClN5O. The minimum Gasteiger partial charge on any atom is -0.313 e. The fraction of sp³-hybridized carbons (Fsp3) is 0.318. The van der Waals surface area contributed by atoms with E-state index in [1.54, 1.807) is 17.0 Å². The van der Waals surface area contributed by atoms with Crippen LogP contribution < -0.4 is 10.2 Å². The van der Waals surface area contributed by atoms with Crippen molar-refractivity contribution in [2.24, 2.45) is 0 Å². The molecule has 0 atom stereocenters. The van der Waals surface area contributed by atoms with E-state index in [-0.39, 0.29) is 6.03 Å². The van der Waals surface area contributed by atoms with Crippen LogP contribution in [0.3, 0.4) is 0 Å². The molecule has 0 bridgehead atoms. The molecule has 0 unspecified atom stereocenters. The van der Waals surface area contributed by atoms with Crippen molar-refractivity contribution in [3.05, 3.63) is 70.8 Å². The van der Waals surface area contributed by atoms with E-state index < -0.39 is 0 Å². The molecule has 0 saturated carbocycles. The van der Waals surface area contributed by atoms with Crippen LogP contribution in [0.2, 0.25) is 5.02 Å². The summed E-state index contributed by atoms with van der Waals surface area (Å²) in [5, 5.41) is 12.4. The summed E-state index contributed by atoms with van der Waals surface area (Å²) < 4.78 is 2.16. The first-order valence-electron chi connectivity index (χ1n) is 9.92. The fourth-order valence-electron chi connectivity index (χ4n) is 3.60. The number of carbonyl (C=O) groups excluding carboxylic acids is 1. The molecule has 2 amide bonds. The summed E-state index contributed by atoms with van der Waals surface area (Å²) in [5.41, 5.74) is 2.55. The largest absolute Gasteiger partial charge is 0.326 e. The van der Waals surface area contributed by atoms with E-state index in [1.807, 2.05) is 43.3 Å². The Hall–Kier alpha value is -2.86. The molecular weight excluding hydrogens is 386 g/mol. The molecule has 0 aliphatic carbocycles. The number of halogens is 1. The molecule has 2 aromatic carbocycles. The molecule has 0 fully saturated rings. The third kappa shape index (κ3) is 4.43. The summed E-state index contributed by atoms with van der Waals surface area (Å²) in [7, 11) is 0. The molecule has 0 spiro atoms. The first-order valence-corrected chi connectivity index (χ1v) is 10.3. The molecule has 0 radical (unpaired) electrons. The Morgan fingerprint density at radius 3 is 2.69 bits per heavy atom. The normalized spacial score (nSPS) is 13.4. The maximum atomic E-state index is 13.2. The second kappa shape index (κ2) is 8.66. The van der Waals surface area contributed by atoms with Gasteiger partial charge in [0.05, 0.1) is 6.54 Å². The highest BCUT2D eigenvalue weighted by Gasteiger charge is 2.22. The number of hydrogen-bond donors (Lipinski definition) is 1. The maximum absolute atomic E-state index is 13.2. The third-order valence-electron chi connectivity index (χ3n) is 5.26. The van der Waals surface area contributed by atoms with Crippen molar-refractivity contribution < 1.29 is 4.79 Å². The zero-order chi connectivity index (χ0) is 20.2. The van der Waals surface area contributed by atoms with Gasteiger partial charge in [-0.05, 0) is 55.7 Å². The van der Waals surface area contributed by atoms with Gasteiger partial charge in [0.2, 0.25) is 0 Å². The van der Waals surface area contributed by atoms with Crippen LogP contribution in [0.4, 0.5) is 16.2 Å². The molecule has 1 aliphatic rings. The molecule has 2 heterocycles. The number of anilines is 2. The van der Waals surface area contributed by atoms with Gasteiger partial charge in [0, 0.05) is 29.4 Å². The Morgan fingerprint density at radius 2 is 1.90 bits per heavy atom. The SMILES string of the molecule is Cc1ccccc1NC(=O)N(Cc1nnc2n1CCCCC2)c1ccc(Cl)cc1. The predicted octanol–water partition coefficient (Wildman–Crippen LogP) is 5.21. The average Bonchev–Trinajstić information content (AvgIpc) is 2.94. The zero-order valence-electron chi connectivity index (χ0n) is 16.4. The lowest BCUT2D eigenvalue weighted by molar-refractivity contribution is 0.256. The third-order valence-corrected chi connectivity index (χ3v) is 5.51. The predicted molar refractivity (Wildman–Crippen MR) is 115 cm³/mol. The minimum atomic E-state index is -0.215. The van der Waals surface area contributed by atoms with Gasteiger partial charge in [-0.25, -0.2) is 4.79 Å². The molecule has 150 valence electrons. The zero-order valence-corrected chi connectivity index (χ0v) is 17.2. The van der Waals surface area contributed by atoms with Crippen molar-refractivity contribution >= 4 is 29.0 Å². The number of para-hydroxylation sites is 1. The summed E-state index contributed by atoms with van der Waals surface area (Å²) in [6.07, 6.45) is 4.36. The van der Waals surface area contributed by atoms with Gasteiger partial charge in [-0.1, -0.05) is 36.2 Å². The molecule has 1 N–H and O–H groups in total. The Bertz CT molecular complexity index is 999. The Balaban J connectivity index is 1.64. The van der Waals surface area contributed by atoms with Crippen LogP contribution in [-0.2, 0) is 19.5 Å². The first kappa shape index (κ1) is 19.5. The molecule has 0 saturated heterocycles. The number of nitrogens with zero attached hydrogens (tertiary/aromatic N) is 4. The van der Waals surface area contributed by atoms with E-state index >= 15 is 0 Å². The van der Waals surface area contributed by atoms with E-state index in [9.17, 15) is 4.79 Å². The van der Waals surface area contributed by atoms with E-state index in [0.717, 1.165) is 54.4 Å². The van der Waals surface area contributed by atoms with Gasteiger partial charge < -0.3 is 9.88 Å². The van der Waals surface area contributed by atoms with Gasteiger partial charge in [-0.15, -0.1) is 10.2 Å². The van der Waals surface area contributed by atoms with Crippen molar-refractivity contribution in [1.82, 2.24) is 14.8 Å². The minimum absolute atomic E-state index is 0.215. The highest BCUT2D eigenvalue weighted by molar-refractivity contribution is 6.30. The van der Waals surface area contributed by atoms with E-state index in [4.69, 9.17) is 11.6 Å². The number of carbonyl (C=O) groups is 1. The number of urea groups is 1. The number of amides is 2. The standard InChI is InChI=1S/C22H24ClN5O/c1-16-7-4-5-8-19(16)24-22(29)28(18-12-10-17(23)11-13-18)15-21-26-25-20-9-3-2-6-14-27(20)21/h4-5,7-8,10-13H,2-3,6,9,14-15H2,1H3,(H,24,29). The van der Waals surface area contributed by atoms with Crippen molar-refractivity contribution in [2.45, 2.75) is 45.7 Å². The van der Waals surface area contributed by atoms with Crippen LogP contribution in [0.25, 0.3) is 0 Å². The maximum Gasteiger partial charge on any atom is 0.326 e. The molecule has 3 aromatic rings. The van der Waals surface area contributed by atoms with Crippen LogP contribution in [-0.4, -0.2) is 20.8 Å². The molecule has 1 aliphatic heterocycles. The van der Waals surface area contributed by atoms with Crippen LogP contribution >= 0.6 is 11.6 Å². The van der Waals surface area contributed by atoms with Crippen LogP contribution in [0.5, 0.6) is 0 Å². The summed E-state index contributed by atoms with van der Waals surface area (Å²) in [6, 6.07) is 14.8.